The molecule has 1 aliphatic carbocycles. The summed E-state index contributed by atoms with van der Waals surface area (Å²) in [5.41, 5.74) is 1.26. The van der Waals surface area contributed by atoms with Gasteiger partial charge in [-0.3, -0.25) is 0 Å². The predicted molar refractivity (Wildman–Crippen MR) is 59.8 cm³/mol. The lowest BCUT2D eigenvalue weighted by atomic mass is 9.83. The summed E-state index contributed by atoms with van der Waals surface area (Å²) in [5.74, 6) is 2.22. The smallest absolute Gasteiger partial charge is 0.111 e. The van der Waals surface area contributed by atoms with E-state index in [9.17, 15) is 5.11 Å². The minimum atomic E-state index is 0.152. The van der Waals surface area contributed by atoms with E-state index in [-0.39, 0.29) is 12.5 Å². The van der Waals surface area contributed by atoms with Crippen LogP contribution in [-0.2, 0) is 0 Å². The van der Waals surface area contributed by atoms with Crippen molar-refractivity contribution in [1.29, 1.82) is 0 Å². The van der Waals surface area contributed by atoms with Crippen molar-refractivity contribution in [3.05, 3.63) is 17.7 Å². The molecule has 2 N–H and O–H groups in total. The molecule has 0 saturated heterocycles. The Kier molecular flexibility index (Phi) is 3.10. The molecule has 3 heteroatoms. The van der Waals surface area contributed by atoms with Gasteiger partial charge in [0.1, 0.15) is 5.82 Å². The predicted octanol–water partition coefficient (Wildman–Crippen LogP) is 2.41. The highest BCUT2D eigenvalue weighted by Gasteiger charge is 2.24. The highest BCUT2D eigenvalue weighted by atomic mass is 16.3. The lowest BCUT2D eigenvalue weighted by molar-refractivity contribution is 0.232. The van der Waals surface area contributed by atoms with E-state index in [1.54, 1.807) is 0 Å². The molecule has 1 unspecified atom stereocenters. The van der Waals surface area contributed by atoms with Crippen molar-refractivity contribution in [2.24, 2.45) is 5.92 Å². The molecule has 0 bridgehead atoms. The maximum absolute atomic E-state index is 9.31. The molecular weight excluding hydrogens is 188 g/mol. The van der Waals surface area contributed by atoms with Gasteiger partial charge < -0.3 is 10.1 Å². The number of aliphatic hydroxyl groups is 1. The Bertz CT molecular complexity index is 315. The third kappa shape index (κ3) is 2.07. The van der Waals surface area contributed by atoms with Gasteiger partial charge in [0, 0.05) is 23.7 Å². The van der Waals surface area contributed by atoms with E-state index in [0.29, 0.717) is 11.8 Å². The Hall–Kier alpha value is -0.830. The molecule has 1 atom stereocenters. The van der Waals surface area contributed by atoms with Crippen molar-refractivity contribution in [1.82, 2.24) is 9.97 Å². The molecule has 2 rings (SSSR count). The molecule has 1 aromatic rings. The number of H-pyrrole nitrogens is 1. The molecule has 0 spiro atoms. The number of aromatic amines is 1. The number of hydrogen-bond donors (Lipinski definition) is 2. The van der Waals surface area contributed by atoms with Crippen LogP contribution in [0.25, 0.3) is 0 Å². The molecule has 15 heavy (non-hydrogen) atoms. The van der Waals surface area contributed by atoms with Gasteiger partial charge in [-0.15, -0.1) is 0 Å². The Balaban J connectivity index is 2.10. The second-order valence-corrected chi connectivity index (χ2v) is 4.88. The van der Waals surface area contributed by atoms with Crippen LogP contribution < -0.4 is 0 Å². The maximum Gasteiger partial charge on any atom is 0.111 e. The third-order valence-electron chi connectivity index (χ3n) is 3.51. The van der Waals surface area contributed by atoms with Gasteiger partial charge in [0.15, 0.2) is 0 Å². The second-order valence-electron chi connectivity index (χ2n) is 4.88. The van der Waals surface area contributed by atoms with Gasteiger partial charge in [0.25, 0.3) is 0 Å². The number of nitrogens with one attached hydrogen (secondary N) is 1. The summed E-state index contributed by atoms with van der Waals surface area (Å²) in [4.78, 5) is 7.77. The van der Waals surface area contributed by atoms with E-state index in [4.69, 9.17) is 0 Å². The zero-order chi connectivity index (χ0) is 10.8. The van der Waals surface area contributed by atoms with Crippen molar-refractivity contribution in [2.75, 3.05) is 6.61 Å². The zero-order valence-electron chi connectivity index (χ0n) is 9.53. The number of imidazole rings is 1. The Morgan fingerprint density at radius 1 is 1.53 bits per heavy atom. The van der Waals surface area contributed by atoms with Gasteiger partial charge in [0.05, 0.1) is 6.61 Å². The van der Waals surface area contributed by atoms with E-state index >= 15 is 0 Å². The maximum atomic E-state index is 9.31. The van der Waals surface area contributed by atoms with Crippen LogP contribution in [0.5, 0.6) is 0 Å². The van der Waals surface area contributed by atoms with E-state index in [1.807, 2.05) is 6.20 Å². The van der Waals surface area contributed by atoms with E-state index in [0.717, 1.165) is 5.82 Å². The third-order valence-corrected chi connectivity index (χ3v) is 3.51. The van der Waals surface area contributed by atoms with Crippen LogP contribution in [0.3, 0.4) is 0 Å². The minimum absolute atomic E-state index is 0.152. The first kappa shape index (κ1) is 10.7. The van der Waals surface area contributed by atoms with Crippen LogP contribution in [-0.4, -0.2) is 21.7 Å². The average Bonchev–Trinajstić information content (AvgIpc) is 2.51. The van der Waals surface area contributed by atoms with Gasteiger partial charge in [-0.2, -0.15) is 0 Å². The molecule has 0 amide bonds. The Morgan fingerprint density at radius 2 is 2.27 bits per heavy atom. The summed E-state index contributed by atoms with van der Waals surface area (Å²) in [5, 5.41) is 9.31. The van der Waals surface area contributed by atoms with Crippen molar-refractivity contribution in [2.45, 2.75) is 44.9 Å². The Morgan fingerprint density at radius 3 is 2.73 bits per heavy atom. The standard InChI is InChI=1S/C12H20N2O/c1-8(2)10(7-15)12-13-6-11(14-12)9-4-3-5-9/h6,8-10,15H,3-5,7H2,1-2H3,(H,13,14). The summed E-state index contributed by atoms with van der Waals surface area (Å²) < 4.78 is 0. The molecule has 1 aromatic heterocycles. The molecule has 84 valence electrons. The quantitative estimate of drug-likeness (QED) is 0.798. The van der Waals surface area contributed by atoms with E-state index in [1.165, 1.54) is 25.0 Å². The largest absolute Gasteiger partial charge is 0.396 e. The fourth-order valence-corrected chi connectivity index (χ4v) is 2.08. The molecule has 0 aliphatic heterocycles. The molecule has 1 heterocycles. The number of aliphatic hydroxyl groups excluding tert-OH is 1. The Labute approximate surface area is 90.9 Å². The lowest BCUT2D eigenvalue weighted by Crippen LogP contribution is -2.14. The normalized spacial score (nSPS) is 19.2. The highest BCUT2D eigenvalue weighted by molar-refractivity contribution is 5.13. The van der Waals surface area contributed by atoms with Crippen LogP contribution in [0.4, 0.5) is 0 Å². The summed E-state index contributed by atoms with van der Waals surface area (Å²) in [6, 6.07) is 0. The van der Waals surface area contributed by atoms with E-state index in [2.05, 4.69) is 23.8 Å². The first-order valence-corrected chi connectivity index (χ1v) is 5.88. The molecule has 0 aromatic carbocycles. The van der Waals surface area contributed by atoms with Gasteiger partial charge in [-0.25, -0.2) is 4.98 Å². The summed E-state index contributed by atoms with van der Waals surface area (Å²) in [7, 11) is 0. The lowest BCUT2D eigenvalue weighted by Gasteiger charge is -2.24. The van der Waals surface area contributed by atoms with Crippen LogP contribution >= 0.6 is 0 Å². The minimum Gasteiger partial charge on any atom is -0.396 e. The summed E-state index contributed by atoms with van der Waals surface area (Å²) in [6.07, 6.45) is 5.86. The molecule has 1 aliphatic rings. The fourth-order valence-electron chi connectivity index (χ4n) is 2.08. The van der Waals surface area contributed by atoms with Crippen LogP contribution in [0, 0.1) is 5.92 Å². The summed E-state index contributed by atoms with van der Waals surface area (Å²) >= 11 is 0. The highest BCUT2D eigenvalue weighted by Crippen LogP contribution is 2.36. The first-order valence-electron chi connectivity index (χ1n) is 5.88. The average molecular weight is 208 g/mol. The first-order chi connectivity index (χ1) is 7.22. The molecule has 1 saturated carbocycles. The van der Waals surface area contributed by atoms with Crippen LogP contribution in [0.2, 0.25) is 0 Å². The molecule has 3 nitrogen and oxygen atoms in total. The van der Waals surface area contributed by atoms with Crippen molar-refractivity contribution in [3.63, 3.8) is 0 Å². The zero-order valence-corrected chi connectivity index (χ0v) is 9.53. The van der Waals surface area contributed by atoms with Crippen LogP contribution in [0.15, 0.2) is 6.20 Å². The number of hydrogen-bond acceptors (Lipinski definition) is 2. The van der Waals surface area contributed by atoms with Gasteiger partial charge in [0.2, 0.25) is 0 Å². The molecule has 0 radical (unpaired) electrons. The molecular formula is C12H20N2O. The monoisotopic (exact) mass is 208 g/mol. The molecule has 1 fully saturated rings. The SMILES string of the molecule is CC(C)C(CO)c1ncc(C2CCC2)[nH]1. The van der Waals surface area contributed by atoms with Crippen LogP contribution in [0.1, 0.15) is 56.5 Å². The fraction of sp³-hybridized carbons (Fsp3) is 0.750. The van der Waals surface area contributed by atoms with Crippen molar-refractivity contribution >= 4 is 0 Å². The van der Waals surface area contributed by atoms with Gasteiger partial charge in [-0.1, -0.05) is 20.3 Å². The summed E-state index contributed by atoms with van der Waals surface area (Å²) in [6.45, 7) is 4.41. The number of nitrogens with zero attached hydrogens (tertiary/aromatic N) is 1. The second kappa shape index (κ2) is 4.35. The van der Waals surface area contributed by atoms with Gasteiger partial charge >= 0.3 is 0 Å². The topological polar surface area (TPSA) is 48.9 Å². The van der Waals surface area contributed by atoms with Crippen molar-refractivity contribution in [3.8, 4) is 0 Å². The van der Waals surface area contributed by atoms with Crippen molar-refractivity contribution < 1.29 is 5.11 Å². The number of rotatable bonds is 4. The van der Waals surface area contributed by atoms with Gasteiger partial charge in [-0.05, 0) is 18.8 Å². The number of aromatic nitrogens is 2. The van der Waals surface area contributed by atoms with E-state index < -0.39 is 0 Å².